The summed E-state index contributed by atoms with van der Waals surface area (Å²) in [6.45, 7) is 7.84. The predicted octanol–water partition coefficient (Wildman–Crippen LogP) is 6.11. The van der Waals surface area contributed by atoms with Crippen LogP contribution >= 0.6 is 0 Å². The van der Waals surface area contributed by atoms with Crippen molar-refractivity contribution in [3.8, 4) is 17.1 Å². The van der Waals surface area contributed by atoms with E-state index >= 15 is 0 Å². The molecule has 2 aromatic rings. The Morgan fingerprint density at radius 1 is 0.967 bits per heavy atom. The van der Waals surface area contributed by atoms with E-state index in [-0.39, 0.29) is 6.73 Å². The molecule has 0 radical (unpaired) electrons. The third-order valence-electron chi connectivity index (χ3n) is 5.08. The Labute approximate surface area is 179 Å². The highest BCUT2D eigenvalue weighted by Gasteiger charge is 2.10. The number of ether oxygens (including phenoxy) is 1. The Balaban J connectivity index is 1.46. The van der Waals surface area contributed by atoms with Gasteiger partial charge in [0.05, 0.1) is 0 Å². The van der Waals surface area contributed by atoms with E-state index in [2.05, 4.69) is 36.2 Å². The van der Waals surface area contributed by atoms with E-state index in [1.54, 1.807) is 6.07 Å². The number of hydrogen-bond acceptors (Lipinski definition) is 5. The van der Waals surface area contributed by atoms with Gasteiger partial charge in [0.25, 0.3) is 0 Å². The van der Waals surface area contributed by atoms with Gasteiger partial charge < -0.3 is 9.84 Å². The number of benzene rings is 1. The Morgan fingerprint density at radius 3 is 2.23 bits per heavy atom. The molecular weight excluding hydrogens is 383 g/mol. The van der Waals surface area contributed by atoms with Crippen LogP contribution in [-0.2, 0) is 11.5 Å². The van der Waals surface area contributed by atoms with Gasteiger partial charge >= 0.3 is 0 Å². The molecule has 0 bridgehead atoms. The zero-order chi connectivity index (χ0) is 21.8. The lowest BCUT2D eigenvalue weighted by atomic mass is 9.89. The van der Waals surface area contributed by atoms with Crippen LogP contribution in [0.5, 0.6) is 5.75 Å². The van der Waals surface area contributed by atoms with Gasteiger partial charge in [0.1, 0.15) is 0 Å². The molecule has 0 saturated carbocycles. The van der Waals surface area contributed by atoms with Gasteiger partial charge in [-0.1, -0.05) is 72.1 Å². The summed E-state index contributed by atoms with van der Waals surface area (Å²) < 4.78 is 19.0. The molecule has 0 unspecified atom stereocenters. The lowest BCUT2D eigenvalue weighted by molar-refractivity contribution is 0.0555. The molecule has 0 amide bonds. The number of hydrogen-bond donors (Lipinski definition) is 1. The Kier molecular flexibility index (Phi) is 10.2. The molecule has 0 aliphatic heterocycles. The van der Waals surface area contributed by atoms with Gasteiger partial charge in [0.2, 0.25) is 5.82 Å². The maximum atomic E-state index is 13.4. The lowest BCUT2D eigenvalue weighted by Gasteiger charge is -2.17. The third kappa shape index (κ3) is 9.65. The molecule has 1 aromatic carbocycles. The molecule has 1 heterocycles. The number of nitrogens with zero attached hydrogens (tertiary/aromatic N) is 4. The van der Waals surface area contributed by atoms with Crippen LogP contribution in [0.3, 0.4) is 0 Å². The first-order valence-corrected chi connectivity index (χ1v) is 11.2. The van der Waals surface area contributed by atoms with Crippen LogP contribution in [-0.4, -0.2) is 31.9 Å². The normalized spacial score (nSPS) is 11.9. The highest BCUT2D eigenvalue weighted by atomic mass is 19.1. The molecule has 6 nitrogen and oxygen atoms in total. The zero-order valence-electron chi connectivity index (χ0n) is 18.7. The van der Waals surface area contributed by atoms with Crippen molar-refractivity contribution < 1.29 is 14.2 Å². The van der Waals surface area contributed by atoms with Crippen molar-refractivity contribution in [1.29, 1.82) is 0 Å². The number of aromatic nitrogens is 4. The highest BCUT2D eigenvalue weighted by molar-refractivity contribution is 5.55. The second-order valence-electron chi connectivity index (χ2n) is 9.18. The summed E-state index contributed by atoms with van der Waals surface area (Å²) in [5, 5.41) is 21.2. The Morgan fingerprint density at radius 2 is 1.60 bits per heavy atom. The van der Waals surface area contributed by atoms with Crippen molar-refractivity contribution in [2.75, 3.05) is 6.61 Å². The van der Waals surface area contributed by atoms with Gasteiger partial charge in [-0.15, -0.1) is 15.0 Å². The minimum absolute atomic E-state index is 0.224. The van der Waals surface area contributed by atoms with Gasteiger partial charge in [-0.25, -0.2) is 4.39 Å². The van der Waals surface area contributed by atoms with E-state index in [1.807, 2.05) is 0 Å². The summed E-state index contributed by atoms with van der Waals surface area (Å²) in [5.74, 6) is -0.804. The summed E-state index contributed by atoms with van der Waals surface area (Å²) in [6, 6.07) is 4.00. The van der Waals surface area contributed by atoms with Crippen molar-refractivity contribution in [3.05, 3.63) is 24.0 Å². The van der Waals surface area contributed by atoms with Crippen molar-refractivity contribution in [2.45, 2.75) is 91.7 Å². The molecule has 1 N–H and O–H groups in total. The largest absolute Gasteiger partial charge is 0.505 e. The molecule has 1 aromatic heterocycles. The van der Waals surface area contributed by atoms with Gasteiger partial charge in [0, 0.05) is 12.2 Å². The summed E-state index contributed by atoms with van der Waals surface area (Å²) in [4.78, 5) is 1.35. The maximum Gasteiger partial charge on any atom is 0.205 e. The molecule has 7 heteroatoms. The average Bonchev–Trinajstić information content (AvgIpc) is 3.15. The third-order valence-corrected chi connectivity index (χ3v) is 5.08. The molecule has 168 valence electrons. The van der Waals surface area contributed by atoms with Crippen molar-refractivity contribution in [3.63, 3.8) is 0 Å². The second kappa shape index (κ2) is 12.6. The quantitative estimate of drug-likeness (QED) is 0.374. The fourth-order valence-electron chi connectivity index (χ4n) is 3.30. The first-order chi connectivity index (χ1) is 14.3. The summed E-state index contributed by atoms with van der Waals surface area (Å²) in [7, 11) is 0. The van der Waals surface area contributed by atoms with Crippen LogP contribution in [0.25, 0.3) is 11.4 Å². The minimum Gasteiger partial charge on any atom is -0.505 e. The standard InChI is InChI=1S/C23H37FN4O2/c1-23(2,3)15-11-9-7-5-4-6-8-10-12-16-30-18-28-26-22(25-27-28)19-13-14-21(29)20(24)17-19/h13-14,17,29H,4-12,15-16,18H2,1-3H3. The van der Waals surface area contributed by atoms with Crippen molar-refractivity contribution in [1.82, 2.24) is 20.2 Å². The minimum atomic E-state index is -0.708. The molecule has 0 aliphatic rings. The lowest BCUT2D eigenvalue weighted by Crippen LogP contribution is -2.07. The highest BCUT2D eigenvalue weighted by Crippen LogP contribution is 2.23. The summed E-state index contributed by atoms with van der Waals surface area (Å²) >= 11 is 0. The predicted molar refractivity (Wildman–Crippen MR) is 116 cm³/mol. The fraction of sp³-hybridized carbons (Fsp3) is 0.696. The SMILES string of the molecule is CC(C)(C)CCCCCCCCCCCOCn1nnc(-c2ccc(O)c(F)c2)n1. The van der Waals surface area contributed by atoms with Gasteiger partial charge in [-0.05, 0) is 41.7 Å². The first-order valence-electron chi connectivity index (χ1n) is 11.2. The second-order valence-corrected chi connectivity index (χ2v) is 9.18. The number of unbranched alkanes of at least 4 members (excludes halogenated alkanes) is 8. The van der Waals surface area contributed by atoms with Gasteiger partial charge in [0.15, 0.2) is 18.3 Å². The number of phenolic OH excluding ortho intramolecular Hbond substituents is 1. The monoisotopic (exact) mass is 420 g/mol. The topological polar surface area (TPSA) is 73.1 Å². The molecule has 0 aliphatic carbocycles. The smallest absolute Gasteiger partial charge is 0.205 e. The number of aromatic hydroxyl groups is 1. The summed E-state index contributed by atoms with van der Waals surface area (Å²) in [5.41, 5.74) is 0.936. The van der Waals surface area contributed by atoms with Crippen LogP contribution in [0.4, 0.5) is 4.39 Å². The van der Waals surface area contributed by atoms with Crippen molar-refractivity contribution >= 4 is 0 Å². The summed E-state index contributed by atoms with van der Waals surface area (Å²) in [6.07, 6.45) is 12.9. The fourth-order valence-corrected chi connectivity index (χ4v) is 3.30. The van der Waals surface area contributed by atoms with Gasteiger partial charge in [-0.3, -0.25) is 0 Å². The van der Waals surface area contributed by atoms with E-state index in [0.717, 1.165) is 6.42 Å². The molecule has 0 atom stereocenters. The van der Waals surface area contributed by atoms with Crippen LogP contribution in [0.1, 0.15) is 85.0 Å². The maximum absolute atomic E-state index is 13.4. The number of rotatable bonds is 14. The van der Waals surface area contributed by atoms with Gasteiger partial charge in [-0.2, -0.15) is 0 Å². The van der Waals surface area contributed by atoms with Crippen LogP contribution < -0.4 is 0 Å². The number of phenols is 1. The van der Waals surface area contributed by atoms with Crippen LogP contribution in [0.2, 0.25) is 0 Å². The average molecular weight is 421 g/mol. The molecule has 0 saturated heterocycles. The molecule has 0 fully saturated rings. The molecule has 30 heavy (non-hydrogen) atoms. The zero-order valence-corrected chi connectivity index (χ0v) is 18.7. The number of tetrazole rings is 1. The van der Waals surface area contributed by atoms with E-state index in [1.165, 1.54) is 74.7 Å². The Hall–Kier alpha value is -2.02. The van der Waals surface area contributed by atoms with E-state index in [4.69, 9.17) is 4.74 Å². The van der Waals surface area contributed by atoms with E-state index in [9.17, 15) is 9.50 Å². The molecular formula is C23H37FN4O2. The number of halogens is 1. The molecule has 2 rings (SSSR count). The van der Waals surface area contributed by atoms with E-state index in [0.29, 0.717) is 23.4 Å². The van der Waals surface area contributed by atoms with Crippen LogP contribution in [0, 0.1) is 11.2 Å². The molecule has 0 spiro atoms. The first kappa shape index (κ1) is 24.3. The Bertz CT molecular complexity index is 743. The van der Waals surface area contributed by atoms with E-state index < -0.39 is 11.6 Å². The van der Waals surface area contributed by atoms with Crippen LogP contribution in [0.15, 0.2) is 18.2 Å². The van der Waals surface area contributed by atoms with Crippen molar-refractivity contribution in [2.24, 2.45) is 5.41 Å².